The molecule has 0 spiro atoms. The van der Waals surface area contributed by atoms with E-state index >= 15 is 0 Å². The molecular formula is C26H37NOS. The number of hydrogen-bond acceptors (Lipinski definition) is 3. The first-order chi connectivity index (χ1) is 14.2. The maximum Gasteiger partial charge on any atom is 0.124 e. The van der Waals surface area contributed by atoms with Gasteiger partial charge in [-0.05, 0) is 43.5 Å². The van der Waals surface area contributed by atoms with E-state index in [1.165, 1.54) is 73.9 Å². The SMILES string of the molecule is CCCCCCCCCCCCc1cc(C)cc(C2Nc3ccccc3S2)c1O. The Morgan fingerprint density at radius 3 is 2.24 bits per heavy atom. The Morgan fingerprint density at radius 1 is 0.897 bits per heavy atom. The number of benzene rings is 2. The van der Waals surface area contributed by atoms with Crippen molar-refractivity contribution in [1.82, 2.24) is 0 Å². The predicted octanol–water partition coefficient (Wildman–Crippen LogP) is 8.38. The number of nitrogens with one attached hydrogen (secondary N) is 1. The summed E-state index contributed by atoms with van der Waals surface area (Å²) in [6.07, 6.45) is 14.4. The zero-order valence-electron chi connectivity index (χ0n) is 18.2. The first kappa shape index (κ1) is 22.1. The van der Waals surface area contributed by atoms with Crippen molar-refractivity contribution in [2.75, 3.05) is 5.32 Å². The number of thioether (sulfide) groups is 1. The fourth-order valence-corrected chi connectivity index (χ4v) is 5.36. The van der Waals surface area contributed by atoms with E-state index in [2.05, 4.69) is 55.6 Å². The Bertz CT molecular complexity index is 748. The van der Waals surface area contributed by atoms with Gasteiger partial charge < -0.3 is 10.4 Å². The molecule has 3 heteroatoms. The minimum Gasteiger partial charge on any atom is -0.507 e. The number of unbranched alkanes of at least 4 members (excludes halogenated alkanes) is 9. The largest absolute Gasteiger partial charge is 0.507 e. The summed E-state index contributed by atoms with van der Waals surface area (Å²) in [6, 6.07) is 12.7. The van der Waals surface area contributed by atoms with Crippen LogP contribution in [0.2, 0.25) is 0 Å². The molecule has 0 saturated carbocycles. The number of para-hydroxylation sites is 1. The number of phenols is 1. The number of phenolic OH excluding ortho intramolecular Hbond substituents is 1. The van der Waals surface area contributed by atoms with Gasteiger partial charge in [0.05, 0.1) is 0 Å². The van der Waals surface area contributed by atoms with Crippen molar-refractivity contribution in [3.63, 3.8) is 0 Å². The first-order valence-corrected chi connectivity index (χ1v) is 12.4. The lowest BCUT2D eigenvalue weighted by Crippen LogP contribution is -2.04. The molecule has 2 aromatic rings. The van der Waals surface area contributed by atoms with Crippen LogP contribution in [0.3, 0.4) is 0 Å². The maximum atomic E-state index is 10.9. The van der Waals surface area contributed by atoms with Crippen molar-refractivity contribution in [3.8, 4) is 5.75 Å². The van der Waals surface area contributed by atoms with E-state index < -0.39 is 0 Å². The second-order valence-electron chi connectivity index (χ2n) is 8.43. The van der Waals surface area contributed by atoms with E-state index in [4.69, 9.17) is 0 Å². The number of rotatable bonds is 12. The van der Waals surface area contributed by atoms with E-state index in [9.17, 15) is 5.11 Å². The van der Waals surface area contributed by atoms with Gasteiger partial charge in [0.2, 0.25) is 0 Å². The summed E-state index contributed by atoms with van der Waals surface area (Å²) >= 11 is 1.79. The highest BCUT2D eigenvalue weighted by atomic mass is 32.2. The predicted molar refractivity (Wildman–Crippen MR) is 127 cm³/mol. The number of aromatic hydroxyl groups is 1. The summed E-state index contributed by atoms with van der Waals surface area (Å²) in [5.41, 5.74) is 4.53. The fourth-order valence-electron chi connectivity index (χ4n) is 4.20. The molecule has 3 rings (SSSR count). The summed E-state index contributed by atoms with van der Waals surface area (Å²) < 4.78 is 0. The topological polar surface area (TPSA) is 32.3 Å². The molecule has 158 valence electrons. The Morgan fingerprint density at radius 2 is 1.55 bits per heavy atom. The van der Waals surface area contributed by atoms with Crippen molar-refractivity contribution in [1.29, 1.82) is 0 Å². The smallest absolute Gasteiger partial charge is 0.124 e. The molecule has 1 unspecified atom stereocenters. The van der Waals surface area contributed by atoms with Gasteiger partial charge in [0.15, 0.2) is 0 Å². The Labute approximate surface area is 181 Å². The van der Waals surface area contributed by atoms with E-state index in [0.29, 0.717) is 5.75 Å². The molecule has 1 atom stereocenters. The number of anilines is 1. The molecule has 0 amide bonds. The molecule has 1 aliphatic rings. The van der Waals surface area contributed by atoms with Gasteiger partial charge in [-0.15, -0.1) is 0 Å². The fraction of sp³-hybridized carbons (Fsp3) is 0.538. The van der Waals surface area contributed by atoms with Crippen molar-refractivity contribution in [2.24, 2.45) is 0 Å². The van der Waals surface area contributed by atoms with Crippen LogP contribution >= 0.6 is 11.8 Å². The van der Waals surface area contributed by atoms with Crippen LogP contribution in [0.15, 0.2) is 41.3 Å². The average Bonchev–Trinajstić information content (AvgIpc) is 3.15. The maximum absolute atomic E-state index is 10.9. The van der Waals surface area contributed by atoms with Crippen molar-refractivity contribution in [2.45, 2.75) is 94.7 Å². The third kappa shape index (κ3) is 6.44. The molecule has 2 N–H and O–H groups in total. The summed E-state index contributed by atoms with van der Waals surface area (Å²) in [5, 5.41) is 14.6. The molecule has 0 aliphatic carbocycles. The van der Waals surface area contributed by atoms with E-state index in [1.807, 2.05) is 0 Å². The van der Waals surface area contributed by atoms with Crippen LogP contribution in [0.25, 0.3) is 0 Å². The zero-order chi connectivity index (χ0) is 20.5. The van der Waals surface area contributed by atoms with Crippen LogP contribution in [0, 0.1) is 6.92 Å². The highest BCUT2D eigenvalue weighted by Gasteiger charge is 2.25. The van der Waals surface area contributed by atoms with Crippen molar-refractivity contribution < 1.29 is 5.11 Å². The van der Waals surface area contributed by atoms with Crippen LogP contribution < -0.4 is 5.32 Å². The lowest BCUT2D eigenvalue weighted by molar-refractivity contribution is 0.459. The second kappa shape index (κ2) is 11.5. The van der Waals surface area contributed by atoms with Gasteiger partial charge in [-0.1, -0.05) is 100 Å². The molecule has 0 radical (unpaired) electrons. The van der Waals surface area contributed by atoms with Crippen LogP contribution in [0.4, 0.5) is 5.69 Å². The lowest BCUT2D eigenvalue weighted by Gasteiger charge is -2.17. The van der Waals surface area contributed by atoms with Crippen molar-refractivity contribution >= 4 is 17.4 Å². The zero-order valence-corrected chi connectivity index (χ0v) is 19.0. The van der Waals surface area contributed by atoms with Crippen LogP contribution in [0.1, 0.15) is 93.2 Å². The third-order valence-corrected chi connectivity index (χ3v) is 7.08. The summed E-state index contributed by atoms with van der Waals surface area (Å²) in [4.78, 5) is 1.26. The average molecular weight is 412 g/mol. The van der Waals surface area contributed by atoms with Gasteiger partial charge in [-0.25, -0.2) is 0 Å². The molecule has 1 heterocycles. The molecule has 0 saturated heterocycles. The number of hydrogen-bond donors (Lipinski definition) is 2. The molecule has 0 aromatic heterocycles. The van der Waals surface area contributed by atoms with Gasteiger partial charge in [0.25, 0.3) is 0 Å². The highest BCUT2D eigenvalue weighted by Crippen LogP contribution is 2.49. The number of aryl methyl sites for hydroxylation is 2. The molecule has 1 aliphatic heterocycles. The van der Waals surface area contributed by atoms with Gasteiger partial charge in [0, 0.05) is 16.1 Å². The van der Waals surface area contributed by atoms with Crippen LogP contribution in [0.5, 0.6) is 5.75 Å². The molecule has 29 heavy (non-hydrogen) atoms. The van der Waals surface area contributed by atoms with E-state index in [0.717, 1.165) is 24.0 Å². The quantitative estimate of drug-likeness (QED) is 0.344. The monoisotopic (exact) mass is 411 g/mol. The van der Waals surface area contributed by atoms with Gasteiger partial charge in [0.1, 0.15) is 11.1 Å². The molecule has 0 fully saturated rings. The summed E-state index contributed by atoms with van der Waals surface area (Å²) in [5.74, 6) is 0.490. The molecular weight excluding hydrogens is 374 g/mol. The van der Waals surface area contributed by atoms with Crippen molar-refractivity contribution in [3.05, 3.63) is 53.1 Å². The van der Waals surface area contributed by atoms with E-state index in [1.54, 1.807) is 11.8 Å². The third-order valence-electron chi connectivity index (χ3n) is 5.86. The van der Waals surface area contributed by atoms with E-state index in [-0.39, 0.29) is 5.37 Å². The normalized spacial score (nSPS) is 15.3. The number of fused-ring (bicyclic) bond motifs is 1. The second-order valence-corrected chi connectivity index (χ2v) is 9.58. The highest BCUT2D eigenvalue weighted by molar-refractivity contribution is 8.00. The van der Waals surface area contributed by atoms with Gasteiger partial charge in [-0.3, -0.25) is 0 Å². The van der Waals surface area contributed by atoms with Gasteiger partial charge in [-0.2, -0.15) is 0 Å². The Hall–Kier alpha value is -1.61. The summed E-state index contributed by atoms with van der Waals surface area (Å²) in [7, 11) is 0. The van der Waals surface area contributed by atoms with Gasteiger partial charge >= 0.3 is 0 Å². The lowest BCUT2D eigenvalue weighted by atomic mass is 9.98. The van der Waals surface area contributed by atoms with Crippen LogP contribution in [-0.4, -0.2) is 5.11 Å². The standard InChI is InChI=1S/C26H37NOS/c1-3-4-5-6-7-8-9-10-11-12-15-21-18-20(2)19-22(25(21)28)26-27-23-16-13-14-17-24(23)29-26/h13-14,16-19,26-28H,3-12,15H2,1-2H3. The minimum absolute atomic E-state index is 0.0961. The molecule has 2 aromatic carbocycles. The minimum atomic E-state index is 0.0961. The Balaban J connectivity index is 1.45. The van der Waals surface area contributed by atoms with Crippen LogP contribution in [-0.2, 0) is 6.42 Å². The molecule has 0 bridgehead atoms. The summed E-state index contributed by atoms with van der Waals surface area (Å²) in [6.45, 7) is 4.41. The first-order valence-electron chi connectivity index (χ1n) is 11.5. The molecule has 2 nitrogen and oxygen atoms in total. The Kier molecular flexibility index (Phi) is 8.79.